The number of benzene rings is 1. The van der Waals surface area contributed by atoms with Crippen molar-refractivity contribution in [3.8, 4) is 0 Å². The van der Waals surface area contributed by atoms with Crippen LogP contribution in [-0.2, 0) is 10.7 Å². The quantitative estimate of drug-likeness (QED) is 0.556. The van der Waals surface area contributed by atoms with Crippen molar-refractivity contribution >= 4 is 6.08 Å². The van der Waals surface area contributed by atoms with Crippen LogP contribution in [0.3, 0.4) is 0 Å². The average Bonchev–Trinajstić information content (AvgIpc) is 2.18. The van der Waals surface area contributed by atoms with Crippen molar-refractivity contribution in [3.63, 3.8) is 0 Å². The second kappa shape index (κ2) is 4.80. The molecule has 0 N–H and O–H groups in total. The summed E-state index contributed by atoms with van der Waals surface area (Å²) in [6.07, 6.45) is 0.783. The highest BCUT2D eigenvalue weighted by Gasteiger charge is 2.32. The van der Waals surface area contributed by atoms with E-state index in [1.807, 2.05) is 0 Å². The molecular weight excluding hydrogens is 200 g/mol. The van der Waals surface area contributed by atoms with Crippen molar-refractivity contribution < 1.29 is 13.6 Å². The van der Waals surface area contributed by atoms with Crippen molar-refractivity contribution in [1.29, 1.82) is 0 Å². The molecule has 4 heteroatoms. The molecule has 0 saturated heterocycles. The molecule has 0 unspecified atom stereocenters. The van der Waals surface area contributed by atoms with Gasteiger partial charge in [0.25, 0.3) is 5.92 Å². The van der Waals surface area contributed by atoms with E-state index in [9.17, 15) is 13.6 Å². The van der Waals surface area contributed by atoms with Crippen molar-refractivity contribution in [2.75, 3.05) is 6.54 Å². The number of nitrogens with zero attached hydrogens (tertiary/aromatic N) is 1. The van der Waals surface area contributed by atoms with Crippen LogP contribution in [0.4, 0.5) is 8.78 Å². The van der Waals surface area contributed by atoms with Crippen LogP contribution in [0.25, 0.3) is 0 Å². The van der Waals surface area contributed by atoms with Gasteiger partial charge in [0.05, 0.1) is 6.54 Å². The number of halogens is 2. The maximum atomic E-state index is 13.6. The molecule has 80 valence electrons. The summed E-state index contributed by atoms with van der Waals surface area (Å²) < 4.78 is 27.1. The summed E-state index contributed by atoms with van der Waals surface area (Å²) in [5, 5.41) is 0. The third-order valence-corrected chi connectivity index (χ3v) is 2.14. The van der Waals surface area contributed by atoms with E-state index in [1.54, 1.807) is 25.1 Å². The normalized spacial score (nSPS) is 10.9. The third-order valence-electron chi connectivity index (χ3n) is 2.14. The molecule has 0 aliphatic heterocycles. The first-order valence-electron chi connectivity index (χ1n) is 4.55. The highest BCUT2D eigenvalue weighted by atomic mass is 19.3. The smallest absolute Gasteiger partial charge is 0.211 e. The molecule has 1 aromatic rings. The summed E-state index contributed by atoms with van der Waals surface area (Å²) in [5.41, 5.74) is 0.531. The molecule has 15 heavy (non-hydrogen) atoms. The number of alkyl halides is 2. The van der Waals surface area contributed by atoms with E-state index in [4.69, 9.17) is 0 Å². The van der Waals surface area contributed by atoms with E-state index < -0.39 is 12.3 Å². The largest absolute Gasteiger partial charge is 0.275 e. The first-order chi connectivity index (χ1) is 7.08. The van der Waals surface area contributed by atoms with E-state index >= 15 is 0 Å². The lowest BCUT2D eigenvalue weighted by Gasteiger charge is -2.17. The Morgan fingerprint density at radius 1 is 1.40 bits per heavy atom. The number of isocyanates is 1. The Morgan fingerprint density at radius 2 is 2.07 bits per heavy atom. The van der Waals surface area contributed by atoms with Gasteiger partial charge >= 0.3 is 0 Å². The summed E-state index contributed by atoms with van der Waals surface area (Å²) in [7, 11) is 0. The minimum absolute atomic E-state index is 0.00824. The molecule has 0 bridgehead atoms. The van der Waals surface area contributed by atoms with Crippen LogP contribution in [0.15, 0.2) is 29.3 Å². The zero-order valence-corrected chi connectivity index (χ0v) is 8.34. The fourth-order valence-corrected chi connectivity index (χ4v) is 1.36. The molecular formula is C11H11F2NO. The van der Waals surface area contributed by atoms with Gasteiger partial charge in [-0.1, -0.05) is 24.3 Å². The van der Waals surface area contributed by atoms with E-state index in [1.165, 1.54) is 12.1 Å². The second-order valence-corrected chi connectivity index (χ2v) is 3.24. The highest BCUT2D eigenvalue weighted by Crippen LogP contribution is 2.33. The van der Waals surface area contributed by atoms with Crippen LogP contribution in [0.1, 0.15) is 17.5 Å². The monoisotopic (exact) mass is 211 g/mol. The first-order valence-corrected chi connectivity index (χ1v) is 4.55. The van der Waals surface area contributed by atoms with E-state index in [0.29, 0.717) is 5.56 Å². The van der Waals surface area contributed by atoms with Gasteiger partial charge in [0.2, 0.25) is 6.08 Å². The summed E-state index contributed by atoms with van der Waals surface area (Å²) in [4.78, 5) is 12.9. The zero-order valence-electron chi connectivity index (χ0n) is 8.34. The molecule has 0 saturated carbocycles. The Labute approximate surface area is 86.6 Å². The van der Waals surface area contributed by atoms with Gasteiger partial charge in [-0.15, -0.1) is 0 Å². The summed E-state index contributed by atoms with van der Waals surface area (Å²) in [6, 6.07) is 6.30. The third kappa shape index (κ3) is 2.96. The molecule has 0 atom stereocenters. The fraction of sp³-hybridized carbons (Fsp3) is 0.364. The molecule has 1 rings (SSSR count). The zero-order chi connectivity index (χ0) is 11.3. The Kier molecular flexibility index (Phi) is 3.69. The lowest BCUT2D eigenvalue weighted by atomic mass is 10.0. The average molecular weight is 211 g/mol. The molecule has 0 aromatic heterocycles. The standard InChI is InChI=1S/C11H11F2NO/c1-9-4-2-3-5-10(9)11(12,13)6-7-14-8-15/h2-5H,6-7H2,1H3. The van der Waals surface area contributed by atoms with Gasteiger partial charge in [-0.2, -0.15) is 0 Å². The van der Waals surface area contributed by atoms with E-state index in [0.717, 1.165) is 0 Å². The van der Waals surface area contributed by atoms with Gasteiger partial charge in [0, 0.05) is 12.0 Å². The van der Waals surface area contributed by atoms with Crippen molar-refractivity contribution in [2.24, 2.45) is 4.99 Å². The van der Waals surface area contributed by atoms with Gasteiger partial charge in [0.1, 0.15) is 0 Å². The first kappa shape index (κ1) is 11.5. The molecule has 0 aliphatic rings. The van der Waals surface area contributed by atoms with Crippen LogP contribution < -0.4 is 0 Å². The SMILES string of the molecule is Cc1ccccc1C(F)(F)CCN=C=O. The van der Waals surface area contributed by atoms with Gasteiger partial charge in [0.15, 0.2) is 0 Å². The summed E-state index contributed by atoms with van der Waals surface area (Å²) in [5.74, 6) is -2.94. The number of hydrogen-bond donors (Lipinski definition) is 0. The molecule has 0 radical (unpaired) electrons. The van der Waals surface area contributed by atoms with Crippen molar-refractivity contribution in [3.05, 3.63) is 35.4 Å². The number of rotatable bonds is 4. The lowest BCUT2D eigenvalue weighted by molar-refractivity contribution is -0.0111. The fourth-order valence-electron chi connectivity index (χ4n) is 1.36. The molecule has 2 nitrogen and oxygen atoms in total. The highest BCUT2D eigenvalue weighted by molar-refractivity contribution is 5.33. The van der Waals surface area contributed by atoms with Crippen LogP contribution in [0.5, 0.6) is 0 Å². The van der Waals surface area contributed by atoms with Crippen LogP contribution in [-0.4, -0.2) is 12.6 Å². The minimum Gasteiger partial charge on any atom is -0.211 e. The Morgan fingerprint density at radius 3 is 2.67 bits per heavy atom. The molecule has 0 fully saturated rings. The van der Waals surface area contributed by atoms with Crippen LogP contribution in [0.2, 0.25) is 0 Å². The number of aliphatic imine (C=N–C) groups is 1. The van der Waals surface area contributed by atoms with Crippen LogP contribution in [0, 0.1) is 6.92 Å². The molecule has 0 spiro atoms. The van der Waals surface area contributed by atoms with Crippen molar-refractivity contribution in [2.45, 2.75) is 19.3 Å². The van der Waals surface area contributed by atoms with Crippen molar-refractivity contribution in [1.82, 2.24) is 0 Å². The van der Waals surface area contributed by atoms with Gasteiger partial charge in [-0.25, -0.2) is 18.6 Å². The summed E-state index contributed by atoms with van der Waals surface area (Å²) >= 11 is 0. The Hall–Kier alpha value is -1.54. The minimum atomic E-state index is -2.94. The number of carbonyl (C=O) groups excluding carboxylic acids is 1. The van der Waals surface area contributed by atoms with Crippen LogP contribution >= 0.6 is 0 Å². The molecule has 0 amide bonds. The Bertz CT molecular complexity index is 384. The number of aryl methyl sites for hydroxylation is 1. The van der Waals surface area contributed by atoms with Gasteiger partial charge < -0.3 is 0 Å². The molecule has 1 aromatic carbocycles. The predicted octanol–water partition coefficient (Wildman–Crippen LogP) is 2.81. The second-order valence-electron chi connectivity index (χ2n) is 3.24. The van der Waals surface area contributed by atoms with E-state index in [2.05, 4.69) is 4.99 Å². The molecule has 0 aliphatic carbocycles. The van der Waals surface area contributed by atoms with Gasteiger partial charge in [-0.05, 0) is 12.5 Å². The Balaban J connectivity index is 2.85. The van der Waals surface area contributed by atoms with Gasteiger partial charge in [-0.3, -0.25) is 0 Å². The summed E-state index contributed by atoms with van der Waals surface area (Å²) in [6.45, 7) is 1.43. The topological polar surface area (TPSA) is 29.4 Å². The maximum Gasteiger partial charge on any atom is 0.275 e. The molecule has 0 heterocycles. The number of hydrogen-bond acceptors (Lipinski definition) is 2. The maximum absolute atomic E-state index is 13.6. The predicted molar refractivity (Wildman–Crippen MR) is 52.7 cm³/mol. The van der Waals surface area contributed by atoms with E-state index in [-0.39, 0.29) is 12.1 Å². The lowest BCUT2D eigenvalue weighted by Crippen LogP contribution is -2.16.